The van der Waals surface area contributed by atoms with Gasteiger partial charge < -0.3 is 0 Å². The molecule has 0 unspecified atom stereocenters. The number of hydrogen-bond acceptors (Lipinski definition) is 9. The van der Waals surface area contributed by atoms with E-state index in [4.69, 9.17) is 0 Å². The van der Waals surface area contributed by atoms with Crippen molar-refractivity contribution in [2.45, 2.75) is 95.6 Å². The van der Waals surface area contributed by atoms with E-state index < -0.39 is 0 Å². The number of carbonyl (C=O) groups excluding carboxylic acids is 3. The molecule has 0 aromatic heterocycles. The Bertz CT molecular complexity index is 610. The van der Waals surface area contributed by atoms with Crippen LogP contribution < -0.4 is 10.6 Å². The fourth-order valence-electron chi connectivity index (χ4n) is 4.50. The summed E-state index contributed by atoms with van der Waals surface area (Å²) in [5, 5.41) is 7.26. The van der Waals surface area contributed by atoms with Crippen molar-refractivity contribution in [1.29, 1.82) is 0 Å². The second kappa shape index (κ2) is 20.6. The number of nitrogens with zero attached hydrogens (tertiary/aromatic N) is 4. The maximum Gasteiger partial charge on any atom is 0.234 e. The molecule has 1 saturated heterocycles. The van der Waals surface area contributed by atoms with Gasteiger partial charge in [0.25, 0.3) is 0 Å². The molecule has 0 amide bonds. The van der Waals surface area contributed by atoms with Crippen LogP contribution in [0, 0.1) is 0 Å². The molecule has 0 aromatic rings. The van der Waals surface area contributed by atoms with Gasteiger partial charge in [-0.25, -0.2) is 29.4 Å². The smallest absolute Gasteiger partial charge is 0.234 e. The van der Waals surface area contributed by atoms with E-state index in [0.717, 1.165) is 110 Å². The molecule has 1 heterocycles. The van der Waals surface area contributed by atoms with Crippen LogP contribution in [-0.4, -0.2) is 68.3 Å². The minimum atomic E-state index is 0.00889. The van der Waals surface area contributed by atoms with Gasteiger partial charge in [0.05, 0.1) is 32.0 Å². The highest BCUT2D eigenvalue weighted by molar-refractivity contribution is 5.33. The number of nitrogens with one attached hydrogen (secondary N) is 2. The Balaban J connectivity index is 2.54. The first kappa shape index (κ1) is 29.1. The maximum absolute atomic E-state index is 10.2. The highest BCUT2D eigenvalue weighted by Gasteiger charge is 2.36. The Morgan fingerprint density at radius 1 is 0.636 bits per heavy atom. The molecule has 0 radical (unpaired) electrons. The van der Waals surface area contributed by atoms with Gasteiger partial charge in [-0.3, -0.25) is 15.5 Å². The lowest BCUT2D eigenvalue weighted by atomic mass is 9.91. The molecule has 0 bridgehead atoms. The van der Waals surface area contributed by atoms with Crippen LogP contribution >= 0.6 is 0 Å². The molecule has 0 saturated carbocycles. The normalized spacial score (nSPS) is 18.2. The monoisotopic (exact) mass is 462 g/mol. The van der Waals surface area contributed by atoms with Crippen molar-refractivity contribution in [2.24, 2.45) is 15.0 Å². The highest BCUT2D eigenvalue weighted by Crippen LogP contribution is 2.29. The van der Waals surface area contributed by atoms with Crippen molar-refractivity contribution in [1.82, 2.24) is 15.5 Å². The van der Waals surface area contributed by atoms with E-state index in [2.05, 4.69) is 30.5 Å². The second-order valence-electron chi connectivity index (χ2n) is 8.72. The van der Waals surface area contributed by atoms with E-state index in [1.165, 1.54) is 0 Å². The van der Waals surface area contributed by atoms with Crippen molar-refractivity contribution in [3.63, 3.8) is 0 Å². The summed E-state index contributed by atoms with van der Waals surface area (Å²) in [4.78, 5) is 44.0. The average molecular weight is 463 g/mol. The second-order valence-corrected chi connectivity index (χ2v) is 8.72. The molecular formula is C24H42N6O3. The third-order valence-electron chi connectivity index (χ3n) is 6.31. The lowest BCUT2D eigenvalue weighted by Crippen LogP contribution is -2.67. The summed E-state index contributed by atoms with van der Waals surface area (Å²) in [6.45, 7) is 4.49. The lowest BCUT2D eigenvalue weighted by Gasteiger charge is -2.49. The van der Waals surface area contributed by atoms with Crippen LogP contribution in [0.15, 0.2) is 15.0 Å². The predicted octanol–water partition coefficient (Wildman–Crippen LogP) is 3.56. The molecule has 1 aliphatic heterocycles. The molecule has 33 heavy (non-hydrogen) atoms. The zero-order chi connectivity index (χ0) is 23.9. The first-order valence-electron chi connectivity index (χ1n) is 12.6. The predicted molar refractivity (Wildman–Crippen MR) is 129 cm³/mol. The molecule has 186 valence electrons. The van der Waals surface area contributed by atoms with E-state index in [1.807, 2.05) is 0 Å². The van der Waals surface area contributed by atoms with E-state index in [0.29, 0.717) is 19.6 Å². The van der Waals surface area contributed by atoms with Crippen molar-refractivity contribution in [3.05, 3.63) is 0 Å². The number of hydrogen-bond donors (Lipinski definition) is 2. The Morgan fingerprint density at radius 2 is 1.09 bits per heavy atom. The lowest BCUT2D eigenvalue weighted by molar-refractivity contribution is -0.00633. The molecule has 0 aliphatic carbocycles. The summed E-state index contributed by atoms with van der Waals surface area (Å²) in [6, 6.07) is 0. The van der Waals surface area contributed by atoms with Gasteiger partial charge in [-0.2, -0.15) is 0 Å². The van der Waals surface area contributed by atoms with Gasteiger partial charge in [0, 0.05) is 13.2 Å². The standard InChI is InChI=1S/C24H42N6O3/c31-21-25-15-9-3-1-7-13-24(14-8-2-4-10-16-26-22-32)29-19-28-20-30(24)18-12-6-5-11-17-27-23-33/h28-29H,1-20H2. The largest absolute Gasteiger partial charge is 0.292 e. The van der Waals surface area contributed by atoms with Gasteiger partial charge in [0.1, 0.15) is 0 Å². The molecular weight excluding hydrogens is 420 g/mol. The minimum absolute atomic E-state index is 0.00889. The molecule has 0 aromatic carbocycles. The fraction of sp³-hybridized carbons (Fsp3) is 0.875. The van der Waals surface area contributed by atoms with Crippen molar-refractivity contribution >= 4 is 18.2 Å². The SMILES string of the molecule is O=C=NCCCCCCN1CNCNC1(CCCCCCN=C=O)CCCCCCN=C=O. The molecule has 0 spiro atoms. The quantitative estimate of drug-likeness (QED) is 0.153. The topological polar surface area (TPSA) is 116 Å². The van der Waals surface area contributed by atoms with Crippen LogP contribution in [0.5, 0.6) is 0 Å². The number of rotatable bonds is 21. The summed E-state index contributed by atoms with van der Waals surface area (Å²) < 4.78 is 0. The zero-order valence-corrected chi connectivity index (χ0v) is 20.2. The summed E-state index contributed by atoms with van der Waals surface area (Å²) in [7, 11) is 0. The van der Waals surface area contributed by atoms with Gasteiger partial charge in [0.2, 0.25) is 18.2 Å². The van der Waals surface area contributed by atoms with Crippen LogP contribution in [0.2, 0.25) is 0 Å². The summed E-state index contributed by atoms with van der Waals surface area (Å²) >= 11 is 0. The third-order valence-corrected chi connectivity index (χ3v) is 6.31. The molecule has 9 nitrogen and oxygen atoms in total. The first-order chi connectivity index (χ1) is 16.3. The maximum atomic E-state index is 10.2. The van der Waals surface area contributed by atoms with E-state index in [9.17, 15) is 14.4 Å². The van der Waals surface area contributed by atoms with Crippen LogP contribution in [-0.2, 0) is 14.4 Å². The van der Waals surface area contributed by atoms with Gasteiger partial charge in [0.15, 0.2) is 0 Å². The van der Waals surface area contributed by atoms with Gasteiger partial charge >= 0.3 is 0 Å². The zero-order valence-electron chi connectivity index (χ0n) is 20.2. The van der Waals surface area contributed by atoms with Crippen molar-refractivity contribution < 1.29 is 14.4 Å². The first-order valence-corrected chi connectivity index (χ1v) is 12.6. The Morgan fingerprint density at radius 3 is 1.58 bits per heavy atom. The summed E-state index contributed by atoms with van der Waals surface area (Å²) in [5.74, 6) is 0. The number of aliphatic imine (C=N–C) groups is 3. The van der Waals surface area contributed by atoms with Crippen LogP contribution in [0.3, 0.4) is 0 Å². The number of unbranched alkanes of at least 4 members (excludes halogenated alkanes) is 9. The fourth-order valence-corrected chi connectivity index (χ4v) is 4.50. The molecule has 2 N–H and O–H groups in total. The highest BCUT2D eigenvalue weighted by atomic mass is 16.1. The van der Waals surface area contributed by atoms with Crippen LogP contribution in [0.1, 0.15) is 89.9 Å². The van der Waals surface area contributed by atoms with E-state index in [1.54, 1.807) is 18.2 Å². The Hall–Kier alpha value is -1.98. The van der Waals surface area contributed by atoms with Gasteiger partial charge in [-0.15, -0.1) is 0 Å². The Kier molecular flexibility index (Phi) is 18.1. The minimum Gasteiger partial charge on any atom is -0.292 e. The van der Waals surface area contributed by atoms with E-state index >= 15 is 0 Å². The molecule has 0 atom stereocenters. The molecule has 1 aliphatic rings. The number of isocyanates is 3. The summed E-state index contributed by atoms with van der Waals surface area (Å²) in [5.41, 5.74) is 0.00889. The molecule has 9 heteroatoms. The van der Waals surface area contributed by atoms with Gasteiger partial charge in [-0.05, 0) is 38.5 Å². The van der Waals surface area contributed by atoms with E-state index in [-0.39, 0.29) is 5.66 Å². The molecule has 1 fully saturated rings. The van der Waals surface area contributed by atoms with Gasteiger partial charge in [-0.1, -0.05) is 51.4 Å². The summed E-state index contributed by atoms with van der Waals surface area (Å²) in [6.07, 6.45) is 19.9. The molecule has 1 rings (SSSR count). The Labute approximate surface area is 198 Å². The van der Waals surface area contributed by atoms with Crippen LogP contribution in [0.4, 0.5) is 0 Å². The average Bonchev–Trinajstić information content (AvgIpc) is 2.83. The van der Waals surface area contributed by atoms with Crippen molar-refractivity contribution in [3.8, 4) is 0 Å². The van der Waals surface area contributed by atoms with Crippen LogP contribution in [0.25, 0.3) is 0 Å². The van der Waals surface area contributed by atoms with Crippen molar-refractivity contribution in [2.75, 3.05) is 39.5 Å². The third kappa shape index (κ3) is 14.0.